The van der Waals surface area contributed by atoms with Crippen LogP contribution in [0.1, 0.15) is 56.5 Å². The molecule has 118 valence electrons. The third-order valence-electron chi connectivity index (χ3n) is 4.41. The fourth-order valence-corrected chi connectivity index (χ4v) is 4.83. The number of aryl methyl sites for hydroxylation is 1. The van der Waals surface area contributed by atoms with Crippen molar-refractivity contribution < 1.29 is 4.79 Å². The van der Waals surface area contributed by atoms with Gasteiger partial charge in [-0.1, -0.05) is 26.7 Å². The van der Waals surface area contributed by atoms with Crippen LogP contribution in [0.4, 0.5) is 0 Å². The van der Waals surface area contributed by atoms with Crippen LogP contribution in [0.5, 0.6) is 0 Å². The molecule has 2 N–H and O–H groups in total. The number of amides is 1. The number of carbonyl (C=O) groups excluding carboxylic acids is 1. The smallest absolute Gasteiger partial charge is 0.225 e. The van der Waals surface area contributed by atoms with Gasteiger partial charge >= 0.3 is 0 Å². The molecule has 3 nitrogen and oxygen atoms in total. The van der Waals surface area contributed by atoms with Crippen molar-refractivity contribution in [2.45, 2.75) is 59.3 Å². The third kappa shape index (κ3) is 4.65. The number of nitrogens with one attached hydrogen (secondary N) is 2. The maximum Gasteiger partial charge on any atom is 0.225 e. The zero-order valence-corrected chi connectivity index (χ0v) is 14.9. The molecular weight excluding hydrogens is 300 g/mol. The van der Waals surface area contributed by atoms with Gasteiger partial charge in [-0.3, -0.25) is 4.79 Å². The quantitative estimate of drug-likeness (QED) is 0.762. The van der Waals surface area contributed by atoms with Crippen LogP contribution in [0.2, 0.25) is 0 Å². The summed E-state index contributed by atoms with van der Waals surface area (Å²) < 4.78 is 0.752. The SMILES string of the molecule is Cc1[nH]c(=S)sc1CC(=O)NCC1(CC(C)C)CCCC1. The fraction of sp³-hybridized carbons (Fsp3) is 0.750. The molecule has 2 rings (SSSR count). The van der Waals surface area contributed by atoms with E-state index < -0.39 is 0 Å². The number of aromatic amines is 1. The lowest BCUT2D eigenvalue weighted by atomic mass is 9.78. The molecule has 0 radical (unpaired) electrons. The van der Waals surface area contributed by atoms with E-state index in [2.05, 4.69) is 24.1 Å². The molecule has 0 saturated heterocycles. The van der Waals surface area contributed by atoms with Crippen LogP contribution >= 0.6 is 23.6 Å². The Morgan fingerprint density at radius 1 is 1.43 bits per heavy atom. The number of aromatic nitrogens is 1. The second-order valence-electron chi connectivity index (χ2n) is 6.82. The molecule has 5 heteroatoms. The minimum Gasteiger partial charge on any atom is -0.355 e. The normalized spacial score (nSPS) is 17.3. The lowest BCUT2D eigenvalue weighted by Crippen LogP contribution is -2.37. The minimum atomic E-state index is 0.124. The van der Waals surface area contributed by atoms with Gasteiger partial charge in [0.1, 0.15) is 0 Å². The average Bonchev–Trinajstić information content (AvgIpc) is 2.95. The van der Waals surface area contributed by atoms with Gasteiger partial charge in [0.05, 0.1) is 6.42 Å². The molecule has 1 aromatic rings. The molecule has 1 aromatic heterocycles. The maximum absolute atomic E-state index is 12.2. The van der Waals surface area contributed by atoms with Crippen LogP contribution in [0, 0.1) is 22.2 Å². The highest BCUT2D eigenvalue weighted by molar-refractivity contribution is 7.73. The van der Waals surface area contributed by atoms with E-state index in [1.54, 1.807) is 0 Å². The Kier molecular flexibility index (Phi) is 5.60. The van der Waals surface area contributed by atoms with Crippen molar-refractivity contribution in [2.24, 2.45) is 11.3 Å². The van der Waals surface area contributed by atoms with E-state index >= 15 is 0 Å². The summed E-state index contributed by atoms with van der Waals surface area (Å²) in [7, 11) is 0. The molecule has 1 amide bonds. The summed E-state index contributed by atoms with van der Waals surface area (Å²) in [4.78, 5) is 16.4. The van der Waals surface area contributed by atoms with E-state index in [0.29, 0.717) is 17.8 Å². The molecule has 0 spiro atoms. The van der Waals surface area contributed by atoms with Crippen LogP contribution in [-0.2, 0) is 11.2 Å². The van der Waals surface area contributed by atoms with E-state index in [0.717, 1.165) is 21.1 Å². The van der Waals surface area contributed by atoms with Crippen molar-refractivity contribution >= 4 is 29.5 Å². The standard InChI is InChI=1S/C16H26N2OS2/c1-11(2)9-16(6-4-5-7-16)10-17-14(19)8-13-12(3)18-15(20)21-13/h11H,4-10H2,1-3H3,(H,17,19)(H,18,20). The van der Waals surface area contributed by atoms with E-state index in [-0.39, 0.29) is 5.91 Å². The fourth-order valence-electron chi connectivity index (χ4n) is 3.54. The molecule has 21 heavy (non-hydrogen) atoms. The monoisotopic (exact) mass is 326 g/mol. The summed E-state index contributed by atoms with van der Waals surface area (Å²) in [6.45, 7) is 7.36. The van der Waals surface area contributed by atoms with Crippen LogP contribution < -0.4 is 5.32 Å². The zero-order chi connectivity index (χ0) is 15.5. The van der Waals surface area contributed by atoms with E-state index in [1.165, 1.54) is 43.4 Å². The Morgan fingerprint density at radius 2 is 2.10 bits per heavy atom. The molecule has 0 bridgehead atoms. The summed E-state index contributed by atoms with van der Waals surface area (Å²) in [5.74, 6) is 0.815. The number of hydrogen-bond donors (Lipinski definition) is 2. The summed E-state index contributed by atoms with van der Waals surface area (Å²) in [6.07, 6.45) is 6.79. The Balaban J connectivity index is 1.90. The summed E-state index contributed by atoms with van der Waals surface area (Å²) >= 11 is 6.63. The second kappa shape index (κ2) is 7.05. The number of hydrogen-bond acceptors (Lipinski definition) is 3. The Morgan fingerprint density at radius 3 is 2.62 bits per heavy atom. The van der Waals surface area contributed by atoms with E-state index in [1.807, 2.05) is 6.92 Å². The van der Waals surface area contributed by atoms with Crippen molar-refractivity contribution in [3.05, 3.63) is 14.5 Å². The van der Waals surface area contributed by atoms with Crippen LogP contribution in [0.25, 0.3) is 0 Å². The Hall–Kier alpha value is -0.680. The Bertz CT molecular complexity index is 539. The second-order valence-corrected chi connectivity index (χ2v) is 8.59. The highest BCUT2D eigenvalue weighted by atomic mass is 32.1. The van der Waals surface area contributed by atoms with Crippen molar-refractivity contribution in [1.29, 1.82) is 0 Å². The molecule has 0 aromatic carbocycles. The molecule has 1 heterocycles. The maximum atomic E-state index is 12.2. The van der Waals surface area contributed by atoms with Crippen LogP contribution in [-0.4, -0.2) is 17.4 Å². The van der Waals surface area contributed by atoms with Crippen LogP contribution in [0.3, 0.4) is 0 Å². The first-order valence-electron chi connectivity index (χ1n) is 7.85. The van der Waals surface area contributed by atoms with Gasteiger partial charge in [0.2, 0.25) is 5.91 Å². The van der Waals surface area contributed by atoms with Gasteiger partial charge < -0.3 is 10.3 Å². The summed E-state index contributed by atoms with van der Waals surface area (Å²) in [6, 6.07) is 0. The van der Waals surface area contributed by atoms with Crippen molar-refractivity contribution in [3.63, 3.8) is 0 Å². The topological polar surface area (TPSA) is 44.9 Å². The van der Waals surface area contributed by atoms with Gasteiger partial charge in [0, 0.05) is 17.1 Å². The molecule has 0 aliphatic heterocycles. The molecule has 1 saturated carbocycles. The number of H-pyrrole nitrogens is 1. The summed E-state index contributed by atoms with van der Waals surface area (Å²) in [5, 5.41) is 3.18. The van der Waals surface area contributed by atoms with Gasteiger partial charge in [0.15, 0.2) is 3.95 Å². The molecule has 0 unspecified atom stereocenters. The first-order valence-corrected chi connectivity index (χ1v) is 9.08. The van der Waals surface area contributed by atoms with Gasteiger partial charge in [-0.15, -0.1) is 11.3 Å². The first-order chi connectivity index (χ1) is 9.90. The van der Waals surface area contributed by atoms with Gasteiger partial charge in [-0.05, 0) is 49.7 Å². The highest BCUT2D eigenvalue weighted by Gasteiger charge is 2.34. The van der Waals surface area contributed by atoms with Crippen molar-refractivity contribution in [2.75, 3.05) is 6.54 Å². The van der Waals surface area contributed by atoms with Gasteiger partial charge in [-0.2, -0.15) is 0 Å². The molecule has 1 aliphatic rings. The number of thiazole rings is 1. The lowest BCUT2D eigenvalue weighted by Gasteiger charge is -2.31. The lowest BCUT2D eigenvalue weighted by molar-refractivity contribution is -0.121. The van der Waals surface area contributed by atoms with Crippen LogP contribution in [0.15, 0.2) is 0 Å². The van der Waals surface area contributed by atoms with Gasteiger partial charge in [-0.25, -0.2) is 0 Å². The average molecular weight is 327 g/mol. The molecule has 1 aliphatic carbocycles. The zero-order valence-electron chi connectivity index (χ0n) is 13.3. The predicted molar refractivity (Wildman–Crippen MR) is 91.3 cm³/mol. The van der Waals surface area contributed by atoms with Crippen molar-refractivity contribution in [1.82, 2.24) is 10.3 Å². The van der Waals surface area contributed by atoms with E-state index in [9.17, 15) is 4.79 Å². The molecule has 1 fully saturated rings. The third-order valence-corrected chi connectivity index (χ3v) is 5.75. The predicted octanol–water partition coefficient (Wildman–Crippen LogP) is 4.38. The molecular formula is C16H26N2OS2. The van der Waals surface area contributed by atoms with E-state index in [4.69, 9.17) is 12.2 Å². The highest BCUT2D eigenvalue weighted by Crippen LogP contribution is 2.42. The summed E-state index contributed by atoms with van der Waals surface area (Å²) in [5.41, 5.74) is 1.36. The minimum absolute atomic E-state index is 0.124. The van der Waals surface area contributed by atoms with Crippen molar-refractivity contribution in [3.8, 4) is 0 Å². The molecule has 0 atom stereocenters. The largest absolute Gasteiger partial charge is 0.355 e. The van der Waals surface area contributed by atoms with Gasteiger partial charge in [0.25, 0.3) is 0 Å². The first kappa shape index (κ1) is 16.7. The number of carbonyl (C=O) groups is 1. The Labute approximate surface area is 136 Å². The number of rotatable bonds is 6.